The van der Waals surface area contributed by atoms with Crippen LogP contribution in [0.25, 0.3) is 10.4 Å². The Bertz CT molecular complexity index is 1370. The van der Waals surface area contributed by atoms with Gasteiger partial charge in [0, 0.05) is 23.6 Å². The normalized spacial score (nSPS) is 11.4. The van der Waals surface area contributed by atoms with Crippen molar-refractivity contribution < 1.29 is 14.7 Å². The predicted molar refractivity (Wildman–Crippen MR) is 135 cm³/mol. The molecule has 8 nitrogen and oxygen atoms in total. The zero-order valence-corrected chi connectivity index (χ0v) is 20.6. The highest BCUT2D eigenvalue weighted by Gasteiger charge is 2.17. The lowest BCUT2D eigenvalue weighted by atomic mass is 10.1. The summed E-state index contributed by atoms with van der Waals surface area (Å²) in [6.45, 7) is 2.03. The Morgan fingerprint density at radius 3 is 2.50 bits per heavy atom. The number of aromatic nitrogens is 2. The molecule has 0 saturated heterocycles. The minimum atomic E-state index is -0.442. The fourth-order valence-corrected chi connectivity index (χ4v) is 5.03. The quantitative estimate of drug-likeness (QED) is 0.247. The number of amides is 2. The van der Waals surface area contributed by atoms with Crippen molar-refractivity contribution in [1.29, 1.82) is 0 Å². The molecule has 2 amide bonds. The van der Waals surface area contributed by atoms with Crippen molar-refractivity contribution in [3.8, 4) is 16.2 Å². The van der Waals surface area contributed by atoms with E-state index in [0.29, 0.717) is 37.5 Å². The minimum Gasteiger partial charge on any atom is -0.506 e. The molecule has 0 spiro atoms. The maximum atomic E-state index is 12.5. The molecule has 3 aromatic heterocycles. The molecule has 0 aliphatic rings. The number of nitrogens with zero attached hydrogens (tertiary/aromatic N) is 3. The molecule has 4 aromatic rings. The van der Waals surface area contributed by atoms with E-state index in [2.05, 4.69) is 20.9 Å². The van der Waals surface area contributed by atoms with Gasteiger partial charge in [0.25, 0.3) is 11.8 Å². The first kappa shape index (κ1) is 23.7. The fourth-order valence-electron chi connectivity index (χ4n) is 3.08. The maximum absolute atomic E-state index is 12.5. The molecule has 3 heterocycles. The van der Waals surface area contributed by atoms with Crippen LogP contribution < -0.4 is 10.7 Å². The Labute approximate surface area is 208 Å². The van der Waals surface area contributed by atoms with Gasteiger partial charge in [0.1, 0.15) is 5.75 Å². The van der Waals surface area contributed by atoms with Crippen molar-refractivity contribution in [2.45, 2.75) is 13.5 Å². The van der Waals surface area contributed by atoms with Crippen LogP contribution in [0, 0.1) is 0 Å². The summed E-state index contributed by atoms with van der Waals surface area (Å²) in [4.78, 5) is 26.4. The number of nitrogens with one attached hydrogen (secondary N) is 2. The molecule has 0 atom stereocenters. The van der Waals surface area contributed by atoms with E-state index in [1.807, 2.05) is 18.2 Å². The van der Waals surface area contributed by atoms with Crippen LogP contribution in [0.5, 0.6) is 5.75 Å². The second-order valence-electron chi connectivity index (χ2n) is 7.26. The summed E-state index contributed by atoms with van der Waals surface area (Å²) >= 11 is 8.37. The Kier molecular flexibility index (Phi) is 7.11. The molecule has 174 valence electrons. The zero-order chi connectivity index (χ0) is 24.2. The summed E-state index contributed by atoms with van der Waals surface area (Å²) in [5.41, 5.74) is 5.16. The van der Waals surface area contributed by atoms with Crippen LogP contribution >= 0.6 is 34.3 Å². The van der Waals surface area contributed by atoms with Gasteiger partial charge in [-0.15, -0.1) is 22.7 Å². The van der Waals surface area contributed by atoms with E-state index < -0.39 is 5.91 Å². The number of hydrogen-bond donors (Lipinski definition) is 3. The van der Waals surface area contributed by atoms with Crippen molar-refractivity contribution in [3.63, 3.8) is 0 Å². The average Bonchev–Trinajstić information content (AvgIpc) is 3.56. The van der Waals surface area contributed by atoms with Gasteiger partial charge in [0.15, 0.2) is 0 Å². The molecule has 0 aliphatic carbocycles. The van der Waals surface area contributed by atoms with Gasteiger partial charge in [0.2, 0.25) is 0 Å². The van der Waals surface area contributed by atoms with Crippen LogP contribution in [0.15, 0.2) is 59.1 Å². The summed E-state index contributed by atoms with van der Waals surface area (Å²) < 4.78 is 1.68. The van der Waals surface area contributed by atoms with E-state index in [9.17, 15) is 14.7 Å². The van der Waals surface area contributed by atoms with Crippen molar-refractivity contribution in [2.75, 3.05) is 0 Å². The van der Waals surface area contributed by atoms with Crippen LogP contribution in [0.1, 0.15) is 37.5 Å². The Hall–Kier alpha value is -3.47. The van der Waals surface area contributed by atoms with Gasteiger partial charge in [-0.1, -0.05) is 23.7 Å². The number of hydrazone groups is 1. The molecule has 0 unspecified atom stereocenters. The highest BCUT2D eigenvalue weighted by molar-refractivity contribution is 7.16. The molecule has 11 heteroatoms. The highest BCUT2D eigenvalue weighted by Crippen LogP contribution is 2.39. The van der Waals surface area contributed by atoms with Crippen molar-refractivity contribution in [1.82, 2.24) is 20.5 Å². The van der Waals surface area contributed by atoms with E-state index in [4.69, 9.17) is 11.6 Å². The van der Waals surface area contributed by atoms with Crippen molar-refractivity contribution in [3.05, 3.63) is 80.1 Å². The van der Waals surface area contributed by atoms with Gasteiger partial charge in [-0.2, -0.15) is 10.2 Å². The highest BCUT2D eigenvalue weighted by atomic mass is 35.5. The van der Waals surface area contributed by atoms with Gasteiger partial charge in [0.05, 0.1) is 38.1 Å². The first-order chi connectivity index (χ1) is 16.3. The largest absolute Gasteiger partial charge is 0.506 e. The zero-order valence-electron chi connectivity index (χ0n) is 18.2. The maximum Gasteiger partial charge on any atom is 0.281 e. The molecule has 0 radical (unpaired) electrons. The van der Waals surface area contributed by atoms with Crippen molar-refractivity contribution in [2.24, 2.45) is 12.1 Å². The fraction of sp³-hybridized carbons (Fsp3) is 0.130. The van der Waals surface area contributed by atoms with Crippen LogP contribution in [0.2, 0.25) is 5.02 Å². The van der Waals surface area contributed by atoms with E-state index in [-0.39, 0.29) is 11.7 Å². The van der Waals surface area contributed by atoms with Gasteiger partial charge >= 0.3 is 0 Å². The van der Waals surface area contributed by atoms with Gasteiger partial charge < -0.3 is 10.4 Å². The molecule has 0 bridgehead atoms. The molecule has 0 saturated carbocycles. The number of aromatic hydroxyl groups is 1. The Balaban J connectivity index is 1.39. The minimum absolute atomic E-state index is 0.0892. The lowest BCUT2D eigenvalue weighted by molar-refractivity contribution is 0.0949. The SMILES string of the molecule is CC(=NNC(=O)c1ccc(C(=O)NCc2ccnn2C)s1)c1csc(-c2ccc(Cl)cc2)c1O. The van der Waals surface area contributed by atoms with Crippen LogP contribution in [-0.4, -0.2) is 32.4 Å². The number of thiophene rings is 2. The van der Waals surface area contributed by atoms with Crippen LogP contribution in [0.4, 0.5) is 0 Å². The number of carbonyl (C=O) groups excluding carboxylic acids is 2. The number of aryl methyl sites for hydroxylation is 1. The Morgan fingerprint density at radius 2 is 1.82 bits per heavy atom. The Morgan fingerprint density at radius 1 is 1.12 bits per heavy atom. The number of benzene rings is 1. The van der Waals surface area contributed by atoms with E-state index in [1.165, 1.54) is 11.3 Å². The summed E-state index contributed by atoms with van der Waals surface area (Å²) in [6, 6.07) is 12.1. The smallest absolute Gasteiger partial charge is 0.281 e. The number of hydrogen-bond acceptors (Lipinski definition) is 7. The predicted octanol–water partition coefficient (Wildman–Crippen LogP) is 4.65. The number of halogens is 1. The molecule has 3 N–H and O–H groups in total. The summed E-state index contributed by atoms with van der Waals surface area (Å²) in [7, 11) is 1.80. The summed E-state index contributed by atoms with van der Waals surface area (Å²) in [6.07, 6.45) is 1.66. The van der Waals surface area contributed by atoms with E-state index in [1.54, 1.807) is 54.5 Å². The lowest BCUT2D eigenvalue weighted by Crippen LogP contribution is -2.23. The first-order valence-electron chi connectivity index (χ1n) is 10.1. The van der Waals surface area contributed by atoms with E-state index in [0.717, 1.165) is 22.6 Å². The third kappa shape index (κ3) is 5.19. The lowest BCUT2D eigenvalue weighted by Gasteiger charge is -2.04. The van der Waals surface area contributed by atoms with Gasteiger partial charge in [-0.05, 0) is 42.8 Å². The first-order valence-corrected chi connectivity index (χ1v) is 12.2. The monoisotopic (exact) mass is 513 g/mol. The van der Waals surface area contributed by atoms with E-state index >= 15 is 0 Å². The number of rotatable bonds is 7. The second kappa shape index (κ2) is 10.2. The molecule has 0 fully saturated rings. The third-order valence-electron chi connectivity index (χ3n) is 4.99. The van der Waals surface area contributed by atoms with Gasteiger partial charge in [-0.25, -0.2) is 5.43 Å². The molecule has 34 heavy (non-hydrogen) atoms. The third-order valence-corrected chi connectivity index (χ3v) is 7.35. The molecular formula is C23H20ClN5O3S2. The number of carbonyl (C=O) groups is 2. The second-order valence-corrected chi connectivity index (χ2v) is 9.66. The molecule has 0 aliphatic heterocycles. The van der Waals surface area contributed by atoms with Crippen molar-refractivity contribution >= 4 is 51.8 Å². The molecular weight excluding hydrogens is 494 g/mol. The van der Waals surface area contributed by atoms with Crippen LogP contribution in [0.3, 0.4) is 0 Å². The van der Waals surface area contributed by atoms with Crippen LogP contribution in [-0.2, 0) is 13.6 Å². The molecule has 1 aromatic carbocycles. The average molecular weight is 514 g/mol. The topological polar surface area (TPSA) is 109 Å². The van der Waals surface area contributed by atoms with Gasteiger partial charge in [-0.3, -0.25) is 14.3 Å². The molecule has 4 rings (SSSR count). The summed E-state index contributed by atoms with van der Waals surface area (Å²) in [5.74, 6) is -0.628. The summed E-state index contributed by atoms with van der Waals surface area (Å²) in [5, 5.41) is 24.0. The standard InChI is InChI=1S/C23H20ClN5O3S2/c1-13(17-12-33-21(20(17)30)14-3-5-15(24)6-4-14)27-28-23(32)19-8-7-18(34-19)22(31)25-11-16-9-10-26-29(16)2/h3-10,12,30H,11H2,1-2H3,(H,25,31)(H,28,32).